The quantitative estimate of drug-likeness (QED) is 0.575. The van der Waals surface area contributed by atoms with E-state index in [1.807, 2.05) is 12.1 Å². The van der Waals surface area contributed by atoms with Crippen molar-refractivity contribution in [3.63, 3.8) is 0 Å². The highest BCUT2D eigenvalue weighted by Gasteiger charge is 2.17. The van der Waals surface area contributed by atoms with E-state index >= 15 is 0 Å². The Kier molecular flexibility index (Phi) is 4.00. The van der Waals surface area contributed by atoms with Gasteiger partial charge in [0.15, 0.2) is 0 Å². The van der Waals surface area contributed by atoms with Crippen molar-refractivity contribution in [1.82, 2.24) is 9.55 Å². The van der Waals surface area contributed by atoms with Gasteiger partial charge < -0.3 is 4.57 Å². The van der Waals surface area contributed by atoms with Crippen LogP contribution in [0.25, 0.3) is 11.0 Å². The van der Waals surface area contributed by atoms with Crippen LogP contribution in [0.2, 0.25) is 0 Å². The van der Waals surface area contributed by atoms with E-state index in [2.05, 4.69) is 44.5 Å². The summed E-state index contributed by atoms with van der Waals surface area (Å²) in [6.07, 6.45) is 0. The van der Waals surface area contributed by atoms with E-state index in [0.29, 0.717) is 5.52 Å². The molecule has 0 saturated carbocycles. The Hall–Kier alpha value is -1.39. The summed E-state index contributed by atoms with van der Waals surface area (Å²) in [7, 11) is 0. The van der Waals surface area contributed by atoms with E-state index in [-0.39, 0.29) is 17.7 Å². The molecule has 0 N–H and O–H groups in total. The highest BCUT2D eigenvalue weighted by molar-refractivity contribution is 9.10. The molecule has 1 unspecified atom stereocenters. The molecular weight excluding hydrogens is 355 g/mol. The molecule has 2 nitrogen and oxygen atoms in total. The molecule has 0 saturated heterocycles. The maximum absolute atomic E-state index is 13.4. The predicted molar refractivity (Wildman–Crippen MR) is 87.2 cm³/mol. The van der Waals surface area contributed by atoms with Gasteiger partial charge in [0.2, 0.25) is 0 Å². The van der Waals surface area contributed by atoms with Gasteiger partial charge in [-0.25, -0.2) is 9.37 Å². The summed E-state index contributed by atoms with van der Waals surface area (Å²) in [5.74, 6) is 0.738. The van der Waals surface area contributed by atoms with Crippen LogP contribution in [-0.2, 0) is 5.88 Å². The molecule has 5 heteroatoms. The average Bonchev–Trinajstić information content (AvgIpc) is 2.83. The number of aromatic nitrogens is 2. The Balaban J connectivity index is 2.18. The largest absolute Gasteiger partial charge is 0.320 e. The third-order valence-corrected chi connectivity index (χ3v) is 4.29. The summed E-state index contributed by atoms with van der Waals surface area (Å²) in [5, 5.41) is 0. The molecule has 108 valence electrons. The van der Waals surface area contributed by atoms with E-state index in [9.17, 15) is 4.39 Å². The Labute approximate surface area is 135 Å². The second kappa shape index (κ2) is 5.78. The van der Waals surface area contributed by atoms with E-state index < -0.39 is 0 Å². The van der Waals surface area contributed by atoms with Crippen LogP contribution in [0.15, 0.2) is 46.9 Å². The number of halogens is 3. The van der Waals surface area contributed by atoms with Gasteiger partial charge in [0.05, 0.1) is 23.0 Å². The monoisotopic (exact) mass is 366 g/mol. The van der Waals surface area contributed by atoms with Crippen molar-refractivity contribution in [2.45, 2.75) is 18.8 Å². The fourth-order valence-electron chi connectivity index (χ4n) is 2.56. The Bertz CT molecular complexity index is 800. The first-order chi connectivity index (χ1) is 10.1. The number of imidazole rings is 1. The topological polar surface area (TPSA) is 17.8 Å². The van der Waals surface area contributed by atoms with E-state index in [1.165, 1.54) is 12.1 Å². The molecule has 0 bridgehead atoms. The van der Waals surface area contributed by atoms with Crippen molar-refractivity contribution in [3.05, 3.63) is 64.1 Å². The van der Waals surface area contributed by atoms with Gasteiger partial charge >= 0.3 is 0 Å². The first kappa shape index (κ1) is 14.5. The minimum absolute atomic E-state index is 0.0618. The zero-order valence-corrected chi connectivity index (χ0v) is 13.7. The average molecular weight is 368 g/mol. The predicted octanol–water partition coefficient (Wildman–Crippen LogP) is 5.29. The molecule has 0 fully saturated rings. The zero-order valence-electron chi connectivity index (χ0n) is 11.4. The van der Waals surface area contributed by atoms with Gasteiger partial charge in [-0.3, -0.25) is 0 Å². The van der Waals surface area contributed by atoms with Crippen LogP contribution in [0.5, 0.6) is 0 Å². The zero-order chi connectivity index (χ0) is 15.0. The van der Waals surface area contributed by atoms with Crippen molar-refractivity contribution < 1.29 is 4.39 Å². The molecule has 0 aliphatic rings. The molecule has 3 aromatic rings. The minimum atomic E-state index is -0.289. The first-order valence-electron chi connectivity index (χ1n) is 6.58. The van der Waals surface area contributed by atoms with Crippen LogP contribution < -0.4 is 0 Å². The van der Waals surface area contributed by atoms with Crippen molar-refractivity contribution in [2.75, 3.05) is 0 Å². The second-order valence-corrected chi connectivity index (χ2v) is 6.08. The molecule has 0 amide bonds. The summed E-state index contributed by atoms with van der Waals surface area (Å²) in [5.41, 5.74) is 2.66. The van der Waals surface area contributed by atoms with Gasteiger partial charge in [0.1, 0.15) is 11.6 Å². The highest BCUT2D eigenvalue weighted by atomic mass is 79.9. The second-order valence-electron chi connectivity index (χ2n) is 4.90. The Morgan fingerprint density at radius 2 is 2.10 bits per heavy atom. The van der Waals surface area contributed by atoms with Gasteiger partial charge in [-0.2, -0.15) is 0 Å². The minimum Gasteiger partial charge on any atom is -0.320 e. The number of rotatable bonds is 3. The third kappa shape index (κ3) is 2.70. The third-order valence-electron chi connectivity index (χ3n) is 3.56. The Morgan fingerprint density at radius 1 is 1.29 bits per heavy atom. The van der Waals surface area contributed by atoms with Crippen molar-refractivity contribution in [3.8, 4) is 0 Å². The van der Waals surface area contributed by atoms with E-state index in [0.717, 1.165) is 21.4 Å². The molecule has 1 aromatic heterocycles. The van der Waals surface area contributed by atoms with Crippen LogP contribution in [0.1, 0.15) is 24.4 Å². The molecule has 0 radical (unpaired) electrons. The lowest BCUT2D eigenvalue weighted by molar-refractivity contribution is 0.626. The molecule has 1 heterocycles. The number of alkyl halides is 1. The molecule has 1 atom stereocenters. The Morgan fingerprint density at radius 3 is 2.81 bits per heavy atom. The highest BCUT2D eigenvalue weighted by Crippen LogP contribution is 2.28. The maximum atomic E-state index is 13.4. The van der Waals surface area contributed by atoms with Crippen LogP contribution in [-0.4, -0.2) is 9.55 Å². The molecule has 3 rings (SSSR count). The molecule has 0 aliphatic heterocycles. The number of benzene rings is 2. The van der Waals surface area contributed by atoms with Gasteiger partial charge in [-0.05, 0) is 36.8 Å². The number of hydrogen-bond donors (Lipinski definition) is 0. The van der Waals surface area contributed by atoms with Crippen molar-refractivity contribution >= 4 is 38.6 Å². The fourth-order valence-corrected chi connectivity index (χ4v) is 3.17. The molecule has 2 aromatic carbocycles. The van der Waals surface area contributed by atoms with Crippen LogP contribution in [0, 0.1) is 5.82 Å². The van der Waals surface area contributed by atoms with Crippen LogP contribution in [0.3, 0.4) is 0 Å². The summed E-state index contributed by atoms with van der Waals surface area (Å²) in [6.45, 7) is 2.09. The molecule has 0 spiro atoms. The maximum Gasteiger partial charge on any atom is 0.125 e. The summed E-state index contributed by atoms with van der Waals surface area (Å²) in [4.78, 5) is 4.44. The van der Waals surface area contributed by atoms with Crippen LogP contribution >= 0.6 is 27.5 Å². The summed E-state index contributed by atoms with van der Waals surface area (Å²) in [6, 6.07) is 12.8. The lowest BCUT2D eigenvalue weighted by atomic mass is 10.1. The molecular formula is C16H13BrClFN2. The molecule has 21 heavy (non-hydrogen) atoms. The number of nitrogens with zero attached hydrogens (tertiary/aromatic N) is 2. The standard InChI is InChI=1S/C16H13BrClFN2/c1-10(11-3-2-4-12(17)7-11)21-15-6-5-13(19)8-14(15)20-16(21)9-18/h2-8,10H,9H2,1H3. The van der Waals surface area contributed by atoms with Gasteiger partial charge in [-0.1, -0.05) is 28.1 Å². The summed E-state index contributed by atoms with van der Waals surface area (Å²) < 4.78 is 16.5. The lowest BCUT2D eigenvalue weighted by Crippen LogP contribution is -2.09. The van der Waals surface area contributed by atoms with Gasteiger partial charge in [-0.15, -0.1) is 11.6 Å². The summed E-state index contributed by atoms with van der Waals surface area (Å²) >= 11 is 9.51. The number of fused-ring (bicyclic) bond motifs is 1. The molecule has 0 aliphatic carbocycles. The van der Waals surface area contributed by atoms with Gasteiger partial charge in [0, 0.05) is 10.5 Å². The number of hydrogen-bond acceptors (Lipinski definition) is 1. The smallest absolute Gasteiger partial charge is 0.125 e. The SMILES string of the molecule is CC(c1cccc(Br)c1)n1c(CCl)nc2cc(F)ccc21. The van der Waals surface area contributed by atoms with E-state index in [1.54, 1.807) is 6.07 Å². The van der Waals surface area contributed by atoms with Crippen molar-refractivity contribution in [1.29, 1.82) is 0 Å². The van der Waals surface area contributed by atoms with Crippen molar-refractivity contribution in [2.24, 2.45) is 0 Å². The van der Waals surface area contributed by atoms with E-state index in [4.69, 9.17) is 11.6 Å². The fraction of sp³-hybridized carbons (Fsp3) is 0.188. The first-order valence-corrected chi connectivity index (χ1v) is 7.90. The normalized spacial score (nSPS) is 12.8. The van der Waals surface area contributed by atoms with Gasteiger partial charge in [0.25, 0.3) is 0 Å². The lowest BCUT2D eigenvalue weighted by Gasteiger charge is -2.17. The van der Waals surface area contributed by atoms with Crippen LogP contribution in [0.4, 0.5) is 4.39 Å².